The minimum absolute atomic E-state index is 0. The van der Waals surface area contributed by atoms with Crippen molar-refractivity contribution in [3.05, 3.63) is 17.1 Å². The van der Waals surface area contributed by atoms with Gasteiger partial charge in [-0.05, 0) is 12.8 Å². The number of halogens is 1. The standard InChI is InChI=1S/C27H51N2O2S.HI/c1-3-5-6-7-8-9-10-11-12-13-14-15-16-17-18-19-24-31-29(21-4-2)27(30)20-22-28-23-25-32-26-28;/h23,25-26H,3-22,24H2,1-2H3;1H/q+1;/p-1. The molecule has 0 aliphatic rings. The maximum atomic E-state index is 12.4. The maximum absolute atomic E-state index is 12.4. The van der Waals surface area contributed by atoms with Gasteiger partial charge in [-0.15, -0.1) is 0 Å². The van der Waals surface area contributed by atoms with Crippen LogP contribution in [0.3, 0.4) is 0 Å². The van der Waals surface area contributed by atoms with Crippen LogP contribution >= 0.6 is 11.3 Å². The lowest BCUT2D eigenvalue weighted by atomic mass is 10.0. The third-order valence-electron chi connectivity index (χ3n) is 6.06. The molecule has 1 heterocycles. The number of carbonyl (C=O) groups excluding carboxylic acids is 1. The van der Waals surface area contributed by atoms with E-state index in [1.807, 2.05) is 17.1 Å². The van der Waals surface area contributed by atoms with Crippen LogP contribution in [0.15, 0.2) is 17.1 Å². The SMILES string of the molecule is CCCCCCCCCCCCCCCCCCON(CCC)C(=O)CC[n+]1ccsc1.[I-]. The zero-order valence-electron chi connectivity index (χ0n) is 21.6. The Kier molecular flexibility index (Phi) is 24.7. The van der Waals surface area contributed by atoms with Crippen LogP contribution in [0.1, 0.15) is 129 Å². The fourth-order valence-electron chi connectivity index (χ4n) is 4.03. The molecular formula is C27H51IN2O2S. The first-order valence-electron chi connectivity index (χ1n) is 13.6. The molecule has 0 bridgehead atoms. The van der Waals surface area contributed by atoms with Gasteiger partial charge in [0, 0.05) is 6.54 Å². The lowest BCUT2D eigenvalue weighted by Crippen LogP contribution is -3.00. The van der Waals surface area contributed by atoms with Gasteiger partial charge in [0.05, 0.1) is 18.4 Å². The Bertz CT molecular complexity index is 528. The molecule has 0 N–H and O–H groups in total. The molecule has 0 aromatic carbocycles. The zero-order chi connectivity index (χ0) is 23.1. The van der Waals surface area contributed by atoms with Crippen molar-refractivity contribution in [1.82, 2.24) is 5.06 Å². The van der Waals surface area contributed by atoms with Crippen molar-refractivity contribution in [2.24, 2.45) is 0 Å². The van der Waals surface area contributed by atoms with Gasteiger partial charge in [0.1, 0.15) is 0 Å². The van der Waals surface area contributed by atoms with E-state index in [4.69, 9.17) is 4.84 Å². The Hall–Kier alpha value is -0.210. The first-order valence-corrected chi connectivity index (χ1v) is 14.6. The van der Waals surface area contributed by atoms with Gasteiger partial charge >= 0.3 is 0 Å². The lowest BCUT2D eigenvalue weighted by molar-refractivity contribution is -0.691. The number of hydrogen-bond donors (Lipinski definition) is 0. The van der Waals surface area contributed by atoms with E-state index >= 15 is 0 Å². The van der Waals surface area contributed by atoms with Crippen LogP contribution < -0.4 is 28.5 Å². The van der Waals surface area contributed by atoms with Crippen LogP contribution in [-0.4, -0.2) is 24.1 Å². The summed E-state index contributed by atoms with van der Waals surface area (Å²) in [7, 11) is 0. The molecule has 1 aromatic rings. The zero-order valence-corrected chi connectivity index (χ0v) is 24.6. The Morgan fingerprint density at radius 2 is 1.30 bits per heavy atom. The summed E-state index contributed by atoms with van der Waals surface area (Å²) >= 11 is 1.65. The van der Waals surface area contributed by atoms with E-state index in [0.29, 0.717) is 19.6 Å². The first-order chi connectivity index (χ1) is 15.8. The van der Waals surface area contributed by atoms with Crippen molar-refractivity contribution in [2.75, 3.05) is 13.2 Å². The number of nitrogens with zero attached hydrogens (tertiary/aromatic N) is 2. The van der Waals surface area contributed by atoms with Gasteiger partial charge in [0.25, 0.3) is 5.91 Å². The Morgan fingerprint density at radius 3 is 1.76 bits per heavy atom. The molecule has 1 rings (SSSR count). The third-order valence-corrected chi connectivity index (χ3v) is 6.73. The van der Waals surface area contributed by atoms with Gasteiger partial charge in [-0.1, -0.05) is 121 Å². The quantitative estimate of drug-likeness (QED) is 0.0785. The molecule has 0 aliphatic heterocycles. The average Bonchev–Trinajstić information content (AvgIpc) is 3.32. The van der Waals surface area contributed by atoms with Crippen LogP contribution in [-0.2, 0) is 16.2 Å². The summed E-state index contributed by atoms with van der Waals surface area (Å²) in [4.78, 5) is 18.2. The fraction of sp³-hybridized carbons (Fsp3) is 0.852. The number of hydroxylamine groups is 2. The van der Waals surface area contributed by atoms with E-state index in [9.17, 15) is 4.79 Å². The van der Waals surface area contributed by atoms with Gasteiger partial charge in [-0.2, -0.15) is 4.57 Å². The summed E-state index contributed by atoms with van der Waals surface area (Å²) in [5.41, 5.74) is 2.04. The molecule has 4 nitrogen and oxygen atoms in total. The first kappa shape index (κ1) is 32.8. The largest absolute Gasteiger partial charge is 1.00 e. The average molecular weight is 595 g/mol. The molecular weight excluding hydrogens is 543 g/mol. The molecule has 194 valence electrons. The number of aryl methyl sites for hydroxylation is 1. The highest BCUT2D eigenvalue weighted by Gasteiger charge is 2.15. The minimum Gasteiger partial charge on any atom is -1.00 e. The summed E-state index contributed by atoms with van der Waals surface area (Å²) in [5.74, 6) is 0.0991. The number of unbranched alkanes of at least 4 members (excludes halogenated alkanes) is 15. The second-order valence-corrected chi connectivity index (χ2v) is 9.90. The highest BCUT2D eigenvalue weighted by atomic mass is 127. The second kappa shape index (κ2) is 24.9. The molecule has 1 aromatic heterocycles. The summed E-state index contributed by atoms with van der Waals surface area (Å²) in [6.07, 6.45) is 25.3. The summed E-state index contributed by atoms with van der Waals surface area (Å²) in [5, 5.41) is 3.63. The van der Waals surface area contributed by atoms with Gasteiger partial charge in [0.15, 0.2) is 12.7 Å². The highest BCUT2D eigenvalue weighted by molar-refractivity contribution is 7.07. The van der Waals surface area contributed by atoms with Crippen molar-refractivity contribution < 1.29 is 38.2 Å². The molecule has 0 spiro atoms. The molecule has 6 heteroatoms. The Morgan fingerprint density at radius 1 is 0.788 bits per heavy atom. The van der Waals surface area contributed by atoms with Crippen LogP contribution in [0.4, 0.5) is 0 Å². The number of hydrogen-bond acceptors (Lipinski definition) is 3. The molecule has 0 atom stereocenters. The van der Waals surface area contributed by atoms with Gasteiger partial charge in [-0.25, -0.2) is 5.06 Å². The number of amides is 1. The lowest BCUT2D eigenvalue weighted by Gasteiger charge is -2.20. The monoisotopic (exact) mass is 594 g/mol. The van der Waals surface area contributed by atoms with E-state index in [2.05, 4.69) is 18.4 Å². The molecule has 33 heavy (non-hydrogen) atoms. The third kappa shape index (κ3) is 19.8. The van der Waals surface area contributed by atoms with Crippen molar-refractivity contribution in [3.8, 4) is 0 Å². The predicted octanol–water partition coefficient (Wildman–Crippen LogP) is 4.86. The van der Waals surface area contributed by atoms with E-state index in [0.717, 1.165) is 19.4 Å². The van der Waals surface area contributed by atoms with Crippen molar-refractivity contribution in [1.29, 1.82) is 0 Å². The van der Waals surface area contributed by atoms with Gasteiger partial charge in [0.2, 0.25) is 5.51 Å². The van der Waals surface area contributed by atoms with Crippen LogP contribution in [0.25, 0.3) is 0 Å². The van der Waals surface area contributed by atoms with Crippen molar-refractivity contribution >= 4 is 17.2 Å². The molecule has 0 unspecified atom stereocenters. The molecule has 0 saturated heterocycles. The molecule has 0 aliphatic carbocycles. The van der Waals surface area contributed by atoms with E-state index in [1.54, 1.807) is 16.4 Å². The second-order valence-electron chi connectivity index (χ2n) is 9.15. The molecule has 0 fully saturated rings. The summed E-state index contributed by atoms with van der Waals surface area (Å²) in [6.45, 7) is 6.45. The minimum atomic E-state index is 0. The van der Waals surface area contributed by atoms with Crippen LogP contribution in [0.5, 0.6) is 0 Å². The van der Waals surface area contributed by atoms with Crippen molar-refractivity contribution in [3.63, 3.8) is 0 Å². The summed E-state index contributed by atoms with van der Waals surface area (Å²) in [6, 6.07) is 0. The van der Waals surface area contributed by atoms with Crippen LogP contribution in [0.2, 0.25) is 0 Å². The van der Waals surface area contributed by atoms with Gasteiger partial charge in [-0.3, -0.25) is 9.63 Å². The maximum Gasteiger partial charge on any atom is 0.252 e. The molecule has 0 saturated carbocycles. The van der Waals surface area contributed by atoms with Gasteiger partial charge < -0.3 is 24.0 Å². The highest BCUT2D eigenvalue weighted by Crippen LogP contribution is 2.14. The van der Waals surface area contributed by atoms with E-state index in [-0.39, 0.29) is 29.9 Å². The van der Waals surface area contributed by atoms with E-state index in [1.165, 1.54) is 96.3 Å². The molecule has 0 radical (unpaired) electrons. The topological polar surface area (TPSA) is 33.4 Å². The number of thiazole rings is 1. The fourth-order valence-corrected chi connectivity index (χ4v) is 4.66. The molecule has 1 amide bonds. The summed E-state index contributed by atoms with van der Waals surface area (Å²) < 4.78 is 2.06. The Balaban J connectivity index is 0.0000102. The van der Waals surface area contributed by atoms with Crippen molar-refractivity contribution in [2.45, 2.75) is 136 Å². The van der Waals surface area contributed by atoms with Crippen LogP contribution in [0, 0.1) is 0 Å². The van der Waals surface area contributed by atoms with E-state index < -0.39 is 0 Å². The smallest absolute Gasteiger partial charge is 0.252 e. The number of rotatable bonds is 23. The predicted molar refractivity (Wildman–Crippen MR) is 137 cm³/mol. The normalized spacial score (nSPS) is 10.8. The number of carbonyl (C=O) groups is 1. The number of aromatic nitrogens is 1. The Labute approximate surface area is 225 Å².